The molecule has 0 spiro atoms. The molecule has 0 bridgehead atoms. The van der Waals surface area contributed by atoms with Gasteiger partial charge in [-0.3, -0.25) is 0 Å². The summed E-state index contributed by atoms with van der Waals surface area (Å²) >= 11 is 0. The van der Waals surface area contributed by atoms with Crippen LogP contribution in [0, 0.1) is 5.41 Å². The van der Waals surface area contributed by atoms with Crippen LogP contribution < -0.4 is 20.9 Å². The van der Waals surface area contributed by atoms with Crippen molar-refractivity contribution in [2.75, 3.05) is 19.8 Å². The van der Waals surface area contributed by atoms with Gasteiger partial charge in [0.2, 0.25) is 0 Å². The summed E-state index contributed by atoms with van der Waals surface area (Å²) in [5, 5.41) is 16.6. The van der Waals surface area contributed by atoms with Gasteiger partial charge in [-0.25, -0.2) is 4.79 Å². The van der Waals surface area contributed by atoms with E-state index in [1.807, 2.05) is 0 Å². The molecule has 27 heavy (non-hydrogen) atoms. The van der Waals surface area contributed by atoms with Gasteiger partial charge in [-0.15, -0.1) is 0 Å². The van der Waals surface area contributed by atoms with Crippen LogP contribution in [0.3, 0.4) is 0 Å². The molecule has 1 rings (SSSR count). The number of benzene rings is 1. The Bertz CT molecular complexity index is 640. The number of aromatic carboxylic acids is 1. The van der Waals surface area contributed by atoms with Crippen LogP contribution in [0.2, 0.25) is 0 Å². The zero-order valence-electron chi connectivity index (χ0n) is 16.1. The minimum absolute atomic E-state index is 0.137. The fourth-order valence-electron chi connectivity index (χ4n) is 2.52. The van der Waals surface area contributed by atoms with Gasteiger partial charge < -0.3 is 31.5 Å². The molecule has 150 valence electrons. The standard InChI is InChI=1S/C20H31N3O4/c1-15(23)16(14-22)7-6-10-27-19-12-17(20(24)25)11-18(13-19)26-9-5-3-2-4-8-21/h11-14,22H,2-10,21,23H2,1H3,(H,24,25)/p+1/b16-15-,22-14?. The smallest absolute Gasteiger partial charge is 0.335 e. The number of carboxylic acids is 1. The van der Waals surface area contributed by atoms with Gasteiger partial charge in [0.05, 0.1) is 25.3 Å². The number of quaternary nitrogens is 1. The molecule has 0 aromatic heterocycles. The molecule has 1 aromatic carbocycles. The summed E-state index contributed by atoms with van der Waals surface area (Å²) < 4.78 is 11.4. The molecule has 0 saturated carbocycles. The Morgan fingerprint density at radius 1 is 1.11 bits per heavy atom. The first-order valence-electron chi connectivity index (χ1n) is 9.36. The van der Waals surface area contributed by atoms with E-state index in [9.17, 15) is 9.90 Å². The monoisotopic (exact) mass is 378 g/mol. The highest BCUT2D eigenvalue weighted by Crippen LogP contribution is 2.24. The van der Waals surface area contributed by atoms with Crippen LogP contribution in [-0.2, 0) is 0 Å². The number of carbonyl (C=O) groups is 1. The van der Waals surface area contributed by atoms with E-state index in [-0.39, 0.29) is 5.56 Å². The van der Waals surface area contributed by atoms with Gasteiger partial charge in [0, 0.05) is 18.0 Å². The average Bonchev–Trinajstić information content (AvgIpc) is 2.64. The molecule has 0 atom stereocenters. The number of unbranched alkanes of at least 4 members (excludes halogenated alkanes) is 3. The summed E-state index contributed by atoms with van der Waals surface area (Å²) in [5.74, 6) is -0.0553. The first kappa shape index (κ1) is 22.5. The highest BCUT2D eigenvalue weighted by molar-refractivity contribution is 5.88. The number of nitrogens with two attached hydrogens (primary N) is 1. The van der Waals surface area contributed by atoms with Crippen molar-refractivity contribution in [3.63, 3.8) is 0 Å². The highest BCUT2D eigenvalue weighted by Gasteiger charge is 2.09. The Morgan fingerprint density at radius 2 is 1.70 bits per heavy atom. The molecule has 0 aliphatic rings. The summed E-state index contributed by atoms with van der Waals surface area (Å²) in [7, 11) is 0. The van der Waals surface area contributed by atoms with E-state index in [1.165, 1.54) is 18.3 Å². The molecule has 7 nitrogen and oxygen atoms in total. The van der Waals surface area contributed by atoms with E-state index in [1.54, 1.807) is 13.0 Å². The number of rotatable bonds is 14. The second-order valence-corrected chi connectivity index (χ2v) is 6.42. The van der Waals surface area contributed by atoms with Crippen molar-refractivity contribution in [2.45, 2.75) is 45.4 Å². The minimum atomic E-state index is -1.02. The van der Waals surface area contributed by atoms with Gasteiger partial charge in [0.15, 0.2) is 0 Å². The summed E-state index contributed by atoms with van der Waals surface area (Å²) in [5.41, 5.74) is 11.1. The molecule has 1 aromatic rings. The van der Waals surface area contributed by atoms with Gasteiger partial charge in [0.1, 0.15) is 11.5 Å². The number of ether oxygens (including phenoxy) is 2. The third-order valence-corrected chi connectivity index (χ3v) is 4.08. The first-order valence-corrected chi connectivity index (χ1v) is 9.36. The zero-order valence-corrected chi connectivity index (χ0v) is 16.1. The van der Waals surface area contributed by atoms with Crippen molar-refractivity contribution in [3.05, 3.63) is 35.0 Å². The van der Waals surface area contributed by atoms with Crippen LogP contribution in [0.1, 0.15) is 55.8 Å². The zero-order chi connectivity index (χ0) is 20.1. The Morgan fingerprint density at radius 3 is 2.22 bits per heavy atom. The lowest BCUT2D eigenvalue weighted by Gasteiger charge is -2.11. The third kappa shape index (κ3) is 9.10. The van der Waals surface area contributed by atoms with E-state index in [0.717, 1.165) is 37.8 Å². The Balaban J connectivity index is 2.57. The lowest BCUT2D eigenvalue weighted by Crippen LogP contribution is -2.50. The summed E-state index contributed by atoms with van der Waals surface area (Å²) in [6, 6.07) is 4.72. The largest absolute Gasteiger partial charge is 0.493 e. The van der Waals surface area contributed by atoms with Crippen LogP contribution in [-0.4, -0.2) is 37.0 Å². The predicted molar refractivity (Wildman–Crippen MR) is 106 cm³/mol. The van der Waals surface area contributed by atoms with Gasteiger partial charge >= 0.3 is 5.97 Å². The van der Waals surface area contributed by atoms with Crippen LogP contribution in [0.25, 0.3) is 0 Å². The van der Waals surface area contributed by atoms with Crippen molar-refractivity contribution in [1.29, 1.82) is 5.41 Å². The van der Waals surface area contributed by atoms with Crippen LogP contribution in [0.5, 0.6) is 11.5 Å². The molecule has 0 unspecified atom stereocenters. The Labute approximate surface area is 160 Å². The highest BCUT2D eigenvalue weighted by atomic mass is 16.5. The van der Waals surface area contributed by atoms with E-state index in [2.05, 4.69) is 5.73 Å². The molecule has 7 N–H and O–H groups in total. The van der Waals surface area contributed by atoms with E-state index in [0.29, 0.717) is 43.3 Å². The Hall–Kier alpha value is -2.54. The van der Waals surface area contributed by atoms with Gasteiger partial charge in [0.25, 0.3) is 0 Å². The summed E-state index contributed by atoms with van der Waals surface area (Å²) in [6.07, 6.45) is 6.81. The van der Waals surface area contributed by atoms with Crippen LogP contribution in [0.15, 0.2) is 29.5 Å². The second-order valence-electron chi connectivity index (χ2n) is 6.42. The summed E-state index contributed by atoms with van der Waals surface area (Å²) in [4.78, 5) is 11.3. The maximum atomic E-state index is 11.3. The van der Waals surface area contributed by atoms with Crippen molar-refractivity contribution >= 4 is 12.2 Å². The van der Waals surface area contributed by atoms with Gasteiger partial charge in [-0.05, 0) is 63.2 Å². The number of allylic oxidation sites excluding steroid dienone is 2. The quantitative estimate of drug-likeness (QED) is 0.292. The molecule has 0 radical (unpaired) electrons. The van der Waals surface area contributed by atoms with Crippen LogP contribution in [0.4, 0.5) is 0 Å². The normalized spacial score (nSPS) is 11.6. The number of hydrogen-bond acceptors (Lipinski definition) is 5. The predicted octanol–water partition coefficient (Wildman–Crippen LogP) is 2.61. The number of carboxylic acid groups (broad SMARTS) is 1. The second kappa shape index (κ2) is 12.8. The topological polar surface area (TPSA) is 133 Å². The van der Waals surface area contributed by atoms with Crippen molar-refractivity contribution < 1.29 is 25.1 Å². The van der Waals surface area contributed by atoms with E-state index < -0.39 is 5.97 Å². The maximum Gasteiger partial charge on any atom is 0.335 e. The molecule has 0 heterocycles. The van der Waals surface area contributed by atoms with Crippen LogP contribution >= 0.6 is 0 Å². The van der Waals surface area contributed by atoms with Crippen molar-refractivity contribution in [3.8, 4) is 11.5 Å². The SMILES string of the molecule is C/C(N)=C(/C=N)CCCOc1cc(OCCCCCC[NH3+])cc(C(=O)O)c1. The number of nitrogens with one attached hydrogen (secondary N) is 1. The molecule has 0 aliphatic heterocycles. The Kier molecular flexibility index (Phi) is 10.6. The molecule has 0 amide bonds. The fourth-order valence-corrected chi connectivity index (χ4v) is 2.52. The maximum absolute atomic E-state index is 11.3. The average molecular weight is 378 g/mol. The molecule has 0 fully saturated rings. The van der Waals surface area contributed by atoms with E-state index >= 15 is 0 Å². The lowest BCUT2D eigenvalue weighted by atomic mass is 10.1. The fraction of sp³-hybridized carbons (Fsp3) is 0.500. The van der Waals surface area contributed by atoms with Gasteiger partial charge in [-0.1, -0.05) is 0 Å². The third-order valence-electron chi connectivity index (χ3n) is 4.08. The summed E-state index contributed by atoms with van der Waals surface area (Å²) in [6.45, 7) is 3.66. The molecule has 0 aliphatic carbocycles. The molecular formula is C20H32N3O4+. The minimum Gasteiger partial charge on any atom is -0.493 e. The first-order chi connectivity index (χ1) is 13.0. The van der Waals surface area contributed by atoms with Gasteiger partial charge in [-0.2, -0.15) is 0 Å². The van der Waals surface area contributed by atoms with Crippen molar-refractivity contribution in [1.82, 2.24) is 0 Å². The van der Waals surface area contributed by atoms with Crippen molar-refractivity contribution in [2.24, 2.45) is 5.73 Å². The number of hydrogen-bond donors (Lipinski definition) is 4. The van der Waals surface area contributed by atoms with E-state index in [4.69, 9.17) is 20.6 Å². The molecule has 0 saturated heterocycles. The molecular weight excluding hydrogens is 346 g/mol. The lowest BCUT2D eigenvalue weighted by molar-refractivity contribution is -0.368. The molecule has 7 heteroatoms.